The van der Waals surface area contributed by atoms with Gasteiger partial charge in [-0.15, -0.1) is 0 Å². The molecule has 0 atom stereocenters. The molecule has 0 saturated carbocycles. The summed E-state index contributed by atoms with van der Waals surface area (Å²) in [7, 11) is 0. The second-order valence-corrected chi connectivity index (χ2v) is 5.40. The third-order valence-electron chi connectivity index (χ3n) is 2.91. The maximum Gasteiger partial charge on any atom is 0.173 e. The monoisotopic (exact) mass is 284 g/mol. The third kappa shape index (κ3) is 4.07. The van der Waals surface area contributed by atoms with Gasteiger partial charge in [0.2, 0.25) is 0 Å². The van der Waals surface area contributed by atoms with E-state index in [0.29, 0.717) is 6.04 Å². The number of thiocarbonyl (C=S) groups is 1. The molecule has 0 aliphatic carbocycles. The van der Waals surface area contributed by atoms with Crippen molar-refractivity contribution in [2.24, 2.45) is 0 Å². The Morgan fingerprint density at radius 2 is 1.55 bits per heavy atom. The Kier molecular flexibility index (Phi) is 5.13. The summed E-state index contributed by atoms with van der Waals surface area (Å²) in [5.41, 5.74) is 2.35. The highest BCUT2D eigenvalue weighted by atomic mass is 32.1. The van der Waals surface area contributed by atoms with Gasteiger partial charge in [-0.3, -0.25) is 0 Å². The summed E-state index contributed by atoms with van der Waals surface area (Å²) in [5.74, 6) is 0. The van der Waals surface area contributed by atoms with Crippen LogP contribution in [0.5, 0.6) is 0 Å². The molecule has 0 radical (unpaired) electrons. The van der Waals surface area contributed by atoms with Crippen LogP contribution in [-0.4, -0.2) is 11.2 Å². The van der Waals surface area contributed by atoms with Crippen LogP contribution in [-0.2, 0) is 6.54 Å². The summed E-state index contributed by atoms with van der Waals surface area (Å²) in [5, 5.41) is 4.08. The molecule has 0 unspecified atom stereocenters. The summed E-state index contributed by atoms with van der Waals surface area (Å²) >= 11 is 5.55. The molecule has 2 nitrogen and oxygen atoms in total. The molecular weight excluding hydrogens is 264 g/mol. The van der Waals surface area contributed by atoms with Gasteiger partial charge in [0.25, 0.3) is 0 Å². The first-order valence-electron chi connectivity index (χ1n) is 6.84. The Morgan fingerprint density at radius 1 is 1.00 bits per heavy atom. The lowest BCUT2D eigenvalue weighted by molar-refractivity contribution is 0.726. The predicted octanol–water partition coefficient (Wildman–Crippen LogP) is 3.98. The highest BCUT2D eigenvalue weighted by Crippen LogP contribution is 2.17. The lowest BCUT2D eigenvalue weighted by Gasteiger charge is -2.27. The smallest absolute Gasteiger partial charge is 0.173 e. The molecule has 0 aliphatic rings. The van der Waals surface area contributed by atoms with Gasteiger partial charge in [0.15, 0.2) is 5.11 Å². The largest absolute Gasteiger partial charge is 0.360 e. The number of benzene rings is 2. The van der Waals surface area contributed by atoms with E-state index in [1.807, 2.05) is 24.3 Å². The van der Waals surface area contributed by atoms with Crippen LogP contribution in [0.2, 0.25) is 0 Å². The van der Waals surface area contributed by atoms with Crippen molar-refractivity contribution in [2.75, 3.05) is 4.90 Å². The molecule has 104 valence electrons. The molecule has 0 fully saturated rings. The average Bonchev–Trinajstić information content (AvgIpc) is 2.46. The zero-order chi connectivity index (χ0) is 14.4. The normalized spacial score (nSPS) is 10.3. The quantitative estimate of drug-likeness (QED) is 0.855. The second-order valence-electron chi connectivity index (χ2n) is 5.01. The maximum atomic E-state index is 5.55. The molecule has 0 saturated heterocycles. The molecule has 2 rings (SSSR count). The predicted molar refractivity (Wildman–Crippen MR) is 89.9 cm³/mol. The van der Waals surface area contributed by atoms with E-state index in [9.17, 15) is 0 Å². The highest BCUT2D eigenvalue weighted by Gasteiger charge is 2.13. The molecule has 0 heterocycles. The first-order chi connectivity index (χ1) is 9.66. The minimum absolute atomic E-state index is 0.324. The van der Waals surface area contributed by atoms with Crippen LogP contribution in [0.15, 0.2) is 60.7 Å². The SMILES string of the molecule is CC(C)NC(=S)N(Cc1ccccc1)c1ccccc1. The molecule has 2 aromatic rings. The van der Waals surface area contributed by atoms with E-state index in [0.717, 1.165) is 17.3 Å². The maximum absolute atomic E-state index is 5.55. The molecular formula is C17H20N2S. The van der Waals surface area contributed by atoms with Gasteiger partial charge in [-0.25, -0.2) is 0 Å². The minimum Gasteiger partial charge on any atom is -0.360 e. The lowest BCUT2D eigenvalue weighted by Crippen LogP contribution is -2.42. The standard InChI is InChI=1S/C17H20N2S/c1-14(2)18-17(20)19(16-11-7-4-8-12-16)13-15-9-5-3-6-10-15/h3-12,14H,13H2,1-2H3,(H,18,20). The molecule has 1 N–H and O–H groups in total. The van der Waals surface area contributed by atoms with Gasteiger partial charge in [0.1, 0.15) is 0 Å². The number of anilines is 1. The zero-order valence-electron chi connectivity index (χ0n) is 11.9. The van der Waals surface area contributed by atoms with Crippen molar-refractivity contribution in [1.82, 2.24) is 5.32 Å². The van der Waals surface area contributed by atoms with E-state index in [1.54, 1.807) is 0 Å². The number of nitrogens with one attached hydrogen (secondary N) is 1. The molecule has 0 bridgehead atoms. The number of nitrogens with zero attached hydrogens (tertiary/aromatic N) is 1. The first kappa shape index (κ1) is 14.5. The van der Waals surface area contributed by atoms with E-state index in [4.69, 9.17) is 12.2 Å². The van der Waals surface area contributed by atoms with Crippen LogP contribution in [0.4, 0.5) is 5.69 Å². The Bertz CT molecular complexity index is 537. The summed E-state index contributed by atoms with van der Waals surface area (Å²) < 4.78 is 0. The fraction of sp³-hybridized carbons (Fsp3) is 0.235. The molecule has 0 aliphatic heterocycles. The van der Waals surface area contributed by atoms with Crippen LogP contribution >= 0.6 is 12.2 Å². The molecule has 0 spiro atoms. The Balaban J connectivity index is 2.23. The summed E-state index contributed by atoms with van der Waals surface area (Å²) in [6.45, 7) is 4.96. The second kappa shape index (κ2) is 7.06. The molecule has 3 heteroatoms. The minimum atomic E-state index is 0.324. The van der Waals surface area contributed by atoms with Gasteiger partial charge in [-0.2, -0.15) is 0 Å². The molecule has 0 aromatic heterocycles. The fourth-order valence-corrected chi connectivity index (χ4v) is 2.38. The van der Waals surface area contributed by atoms with Gasteiger partial charge in [-0.05, 0) is 43.8 Å². The van der Waals surface area contributed by atoms with Crippen molar-refractivity contribution < 1.29 is 0 Å². The van der Waals surface area contributed by atoms with Crippen LogP contribution in [0.1, 0.15) is 19.4 Å². The van der Waals surface area contributed by atoms with Crippen LogP contribution < -0.4 is 10.2 Å². The van der Waals surface area contributed by atoms with Gasteiger partial charge in [0, 0.05) is 11.7 Å². The van der Waals surface area contributed by atoms with Gasteiger partial charge in [0.05, 0.1) is 6.54 Å². The van der Waals surface area contributed by atoms with Crippen molar-refractivity contribution >= 4 is 23.0 Å². The van der Waals surface area contributed by atoms with Crippen molar-refractivity contribution in [1.29, 1.82) is 0 Å². The summed E-state index contributed by atoms with van der Waals surface area (Å²) in [6.07, 6.45) is 0. The summed E-state index contributed by atoms with van der Waals surface area (Å²) in [4.78, 5) is 2.13. The van der Waals surface area contributed by atoms with E-state index in [-0.39, 0.29) is 0 Å². The summed E-state index contributed by atoms with van der Waals surface area (Å²) in [6, 6.07) is 20.9. The number of para-hydroxylation sites is 1. The Hall–Kier alpha value is -1.87. The van der Waals surface area contributed by atoms with Crippen molar-refractivity contribution in [3.8, 4) is 0 Å². The molecule has 0 amide bonds. The van der Waals surface area contributed by atoms with Crippen LogP contribution in [0, 0.1) is 0 Å². The van der Waals surface area contributed by atoms with E-state index in [2.05, 4.69) is 60.5 Å². The van der Waals surface area contributed by atoms with E-state index >= 15 is 0 Å². The number of hydrogen-bond donors (Lipinski definition) is 1. The topological polar surface area (TPSA) is 15.3 Å². The highest BCUT2D eigenvalue weighted by molar-refractivity contribution is 7.80. The van der Waals surface area contributed by atoms with Crippen LogP contribution in [0.3, 0.4) is 0 Å². The van der Waals surface area contributed by atoms with Gasteiger partial charge >= 0.3 is 0 Å². The number of hydrogen-bond acceptors (Lipinski definition) is 1. The lowest BCUT2D eigenvalue weighted by atomic mass is 10.2. The number of rotatable bonds is 4. The van der Waals surface area contributed by atoms with Gasteiger partial charge in [-0.1, -0.05) is 48.5 Å². The van der Waals surface area contributed by atoms with Crippen molar-refractivity contribution in [3.63, 3.8) is 0 Å². The Labute approximate surface area is 126 Å². The van der Waals surface area contributed by atoms with E-state index in [1.165, 1.54) is 5.56 Å². The molecule has 20 heavy (non-hydrogen) atoms. The van der Waals surface area contributed by atoms with Crippen molar-refractivity contribution in [3.05, 3.63) is 66.2 Å². The van der Waals surface area contributed by atoms with E-state index < -0.39 is 0 Å². The third-order valence-corrected chi connectivity index (χ3v) is 3.25. The van der Waals surface area contributed by atoms with Gasteiger partial charge < -0.3 is 10.2 Å². The van der Waals surface area contributed by atoms with Crippen LogP contribution in [0.25, 0.3) is 0 Å². The van der Waals surface area contributed by atoms with Crippen molar-refractivity contribution in [2.45, 2.75) is 26.4 Å². The molecule has 2 aromatic carbocycles. The average molecular weight is 284 g/mol. The fourth-order valence-electron chi connectivity index (χ4n) is 1.98. The first-order valence-corrected chi connectivity index (χ1v) is 7.24. The Morgan fingerprint density at radius 3 is 2.10 bits per heavy atom. The zero-order valence-corrected chi connectivity index (χ0v) is 12.7.